The predicted octanol–water partition coefficient (Wildman–Crippen LogP) is 4.09. The van der Waals surface area contributed by atoms with Gasteiger partial charge in [-0.3, -0.25) is 14.4 Å². The quantitative estimate of drug-likeness (QED) is 0.507. The zero-order chi connectivity index (χ0) is 27.1. The molecular weight excluding hydrogens is 518 g/mol. The second-order valence-electron chi connectivity index (χ2n) is 10.9. The first-order valence-electron chi connectivity index (χ1n) is 13.6. The van der Waals surface area contributed by atoms with Gasteiger partial charge < -0.3 is 25.0 Å². The molecule has 6 rings (SSSR count). The lowest BCUT2D eigenvalue weighted by atomic mass is 9.74. The van der Waals surface area contributed by atoms with E-state index in [9.17, 15) is 14.4 Å². The molecule has 4 aliphatic rings. The third kappa shape index (κ3) is 4.59. The van der Waals surface area contributed by atoms with Crippen molar-refractivity contribution in [2.45, 2.75) is 62.4 Å². The Morgan fingerprint density at radius 1 is 1.05 bits per heavy atom. The maximum atomic E-state index is 14.1. The number of amides is 3. The van der Waals surface area contributed by atoms with E-state index in [2.05, 4.69) is 10.6 Å². The molecule has 3 aliphatic heterocycles. The normalized spacial score (nSPS) is 29.4. The van der Waals surface area contributed by atoms with Crippen LogP contribution in [0.2, 0.25) is 5.02 Å². The van der Waals surface area contributed by atoms with Crippen molar-refractivity contribution < 1.29 is 23.9 Å². The van der Waals surface area contributed by atoms with E-state index in [0.29, 0.717) is 16.5 Å². The first kappa shape index (κ1) is 25.9. The Morgan fingerprint density at radius 2 is 1.77 bits per heavy atom. The number of carbonyl (C=O) groups excluding carboxylic acids is 3. The van der Waals surface area contributed by atoms with Gasteiger partial charge in [-0.05, 0) is 54.8 Å². The third-order valence-electron chi connectivity index (χ3n) is 8.50. The molecule has 1 saturated carbocycles. The molecule has 204 valence electrons. The van der Waals surface area contributed by atoms with Gasteiger partial charge in [0.25, 0.3) is 0 Å². The molecule has 9 heteroatoms. The monoisotopic (exact) mass is 549 g/mol. The summed E-state index contributed by atoms with van der Waals surface area (Å²) in [6.07, 6.45) is 8.24. The molecule has 2 aromatic rings. The number of halogens is 1. The van der Waals surface area contributed by atoms with E-state index in [0.717, 1.165) is 31.2 Å². The number of likely N-dealkylation sites (tertiary alicyclic amines) is 1. The fourth-order valence-corrected chi connectivity index (χ4v) is 6.78. The minimum Gasteiger partial charge on any atom is -0.497 e. The molecule has 0 aromatic heterocycles. The van der Waals surface area contributed by atoms with E-state index in [4.69, 9.17) is 21.1 Å². The van der Waals surface area contributed by atoms with Crippen molar-refractivity contribution in [2.75, 3.05) is 12.4 Å². The van der Waals surface area contributed by atoms with Crippen LogP contribution in [0.25, 0.3) is 0 Å². The number of hydrogen-bond donors (Lipinski definition) is 2. The molecule has 2 bridgehead atoms. The molecule has 0 unspecified atom stereocenters. The van der Waals surface area contributed by atoms with Crippen LogP contribution in [0.4, 0.5) is 5.69 Å². The Kier molecular flexibility index (Phi) is 6.85. The van der Waals surface area contributed by atoms with Crippen LogP contribution in [0.3, 0.4) is 0 Å². The summed E-state index contributed by atoms with van der Waals surface area (Å²) in [6.45, 7) is 0.214. The maximum Gasteiger partial charge on any atom is 0.246 e. The lowest BCUT2D eigenvalue weighted by Crippen LogP contribution is -2.56. The lowest BCUT2D eigenvalue weighted by molar-refractivity contribution is -0.142. The SMILES string of the molecule is COc1ccc(NC(=O)[C@@H]2[C@@H]3C=C[C@]4(O3)[C@@H]2C(=O)N(Cc2ccc(Cl)cc2)[C@@H]4C(=O)NC2CCCCC2)cc1. The molecule has 2 aromatic carbocycles. The molecule has 3 fully saturated rings. The molecule has 5 atom stereocenters. The summed E-state index contributed by atoms with van der Waals surface area (Å²) < 4.78 is 11.6. The van der Waals surface area contributed by atoms with E-state index >= 15 is 0 Å². The Balaban J connectivity index is 1.30. The summed E-state index contributed by atoms with van der Waals surface area (Å²) in [5, 5.41) is 6.74. The molecule has 8 nitrogen and oxygen atoms in total. The van der Waals surface area contributed by atoms with Gasteiger partial charge in [0.1, 0.15) is 17.4 Å². The number of nitrogens with one attached hydrogen (secondary N) is 2. The number of anilines is 1. The maximum absolute atomic E-state index is 14.1. The molecule has 39 heavy (non-hydrogen) atoms. The average Bonchev–Trinajstić information content (AvgIpc) is 3.58. The zero-order valence-electron chi connectivity index (χ0n) is 21.8. The van der Waals surface area contributed by atoms with Crippen molar-refractivity contribution in [1.82, 2.24) is 10.2 Å². The molecule has 3 amide bonds. The van der Waals surface area contributed by atoms with Crippen LogP contribution in [0, 0.1) is 11.8 Å². The van der Waals surface area contributed by atoms with Crippen molar-refractivity contribution in [2.24, 2.45) is 11.8 Å². The lowest BCUT2D eigenvalue weighted by Gasteiger charge is -2.34. The highest BCUT2D eigenvalue weighted by Crippen LogP contribution is 2.55. The standard InChI is InChI=1S/C30H32ClN3O5/c1-38-22-13-11-21(12-14-22)32-27(35)24-23-15-16-30(39-23)25(24)29(37)34(17-18-7-9-19(31)10-8-18)26(30)28(36)33-20-5-3-2-4-6-20/h7-16,20,23-26H,2-6,17H2,1H3,(H,32,35)(H,33,36)/t23-,24+,25-,26+,30-/m0/s1. The zero-order valence-corrected chi connectivity index (χ0v) is 22.5. The van der Waals surface area contributed by atoms with E-state index in [1.807, 2.05) is 24.3 Å². The first-order valence-corrected chi connectivity index (χ1v) is 13.9. The average molecular weight is 550 g/mol. The van der Waals surface area contributed by atoms with Gasteiger partial charge in [0.05, 0.1) is 25.0 Å². The van der Waals surface area contributed by atoms with Crippen LogP contribution < -0.4 is 15.4 Å². The van der Waals surface area contributed by atoms with Gasteiger partial charge >= 0.3 is 0 Å². The largest absolute Gasteiger partial charge is 0.497 e. The molecule has 0 radical (unpaired) electrons. The minimum absolute atomic E-state index is 0.0749. The number of benzene rings is 2. The van der Waals surface area contributed by atoms with Crippen molar-refractivity contribution in [1.29, 1.82) is 0 Å². The van der Waals surface area contributed by atoms with Gasteiger partial charge in [-0.2, -0.15) is 0 Å². The highest BCUT2D eigenvalue weighted by Gasteiger charge is 2.72. The number of carbonyl (C=O) groups is 3. The van der Waals surface area contributed by atoms with E-state index < -0.39 is 29.6 Å². The number of methoxy groups -OCH3 is 1. The third-order valence-corrected chi connectivity index (χ3v) is 8.75. The van der Waals surface area contributed by atoms with E-state index in [1.54, 1.807) is 48.4 Å². The fourth-order valence-electron chi connectivity index (χ4n) is 6.65. The number of hydrogen-bond acceptors (Lipinski definition) is 5. The molecular formula is C30H32ClN3O5. The highest BCUT2D eigenvalue weighted by atomic mass is 35.5. The van der Waals surface area contributed by atoms with Crippen LogP contribution in [0.15, 0.2) is 60.7 Å². The van der Waals surface area contributed by atoms with Gasteiger partial charge in [0.15, 0.2) is 0 Å². The van der Waals surface area contributed by atoms with Gasteiger partial charge in [-0.25, -0.2) is 0 Å². The number of rotatable bonds is 7. The highest BCUT2D eigenvalue weighted by molar-refractivity contribution is 6.30. The van der Waals surface area contributed by atoms with Gasteiger partial charge in [0.2, 0.25) is 17.7 Å². The van der Waals surface area contributed by atoms with Crippen molar-refractivity contribution in [3.8, 4) is 5.75 Å². The van der Waals surface area contributed by atoms with Crippen molar-refractivity contribution >= 4 is 35.0 Å². The van der Waals surface area contributed by atoms with Gasteiger partial charge in [-0.1, -0.05) is 55.1 Å². The molecule has 2 N–H and O–H groups in total. The Hall–Kier alpha value is -3.36. The molecule has 1 spiro atoms. The Bertz CT molecular complexity index is 1290. The molecule has 3 heterocycles. The summed E-state index contributed by atoms with van der Waals surface area (Å²) >= 11 is 6.08. The van der Waals surface area contributed by atoms with Gasteiger partial charge in [0, 0.05) is 23.3 Å². The summed E-state index contributed by atoms with van der Waals surface area (Å²) in [4.78, 5) is 43.2. The smallest absolute Gasteiger partial charge is 0.246 e. The van der Waals surface area contributed by atoms with Crippen LogP contribution >= 0.6 is 11.6 Å². The Labute approximate surface area is 232 Å². The molecule has 2 saturated heterocycles. The van der Waals surface area contributed by atoms with Crippen LogP contribution in [-0.4, -0.2) is 53.5 Å². The second-order valence-corrected chi connectivity index (χ2v) is 11.3. The van der Waals surface area contributed by atoms with Crippen LogP contribution in [-0.2, 0) is 25.7 Å². The number of ether oxygens (including phenoxy) is 2. The second kappa shape index (κ2) is 10.3. The van der Waals surface area contributed by atoms with Crippen LogP contribution in [0.5, 0.6) is 5.75 Å². The summed E-state index contributed by atoms with van der Waals surface area (Å²) in [5.74, 6) is -1.68. The van der Waals surface area contributed by atoms with Crippen molar-refractivity contribution in [3.05, 3.63) is 71.3 Å². The van der Waals surface area contributed by atoms with E-state index in [-0.39, 0.29) is 30.3 Å². The first-order chi connectivity index (χ1) is 18.9. The van der Waals surface area contributed by atoms with E-state index in [1.165, 1.54) is 6.42 Å². The predicted molar refractivity (Wildman–Crippen MR) is 146 cm³/mol. The topological polar surface area (TPSA) is 97.0 Å². The summed E-state index contributed by atoms with van der Waals surface area (Å²) in [5.41, 5.74) is 0.239. The summed E-state index contributed by atoms with van der Waals surface area (Å²) in [7, 11) is 1.58. The fraction of sp³-hybridized carbons (Fsp3) is 0.433. The number of fused-ring (bicyclic) bond motifs is 1. The number of nitrogens with zero attached hydrogens (tertiary/aromatic N) is 1. The van der Waals surface area contributed by atoms with Gasteiger partial charge in [-0.15, -0.1) is 0 Å². The van der Waals surface area contributed by atoms with Crippen molar-refractivity contribution in [3.63, 3.8) is 0 Å². The molecule has 1 aliphatic carbocycles. The Morgan fingerprint density at radius 3 is 2.46 bits per heavy atom. The van der Waals surface area contributed by atoms with Crippen LogP contribution in [0.1, 0.15) is 37.7 Å². The summed E-state index contributed by atoms with van der Waals surface area (Å²) in [6, 6.07) is 13.4. The minimum atomic E-state index is -1.20.